The van der Waals surface area contributed by atoms with Crippen LogP contribution in [0.15, 0.2) is 42.5 Å². The Morgan fingerprint density at radius 3 is 2.47 bits per heavy atom. The summed E-state index contributed by atoms with van der Waals surface area (Å²) in [5, 5.41) is 0.762. The highest BCUT2D eigenvalue weighted by Gasteiger charge is 2.20. The van der Waals surface area contributed by atoms with E-state index in [1.165, 1.54) is 34.4 Å². The van der Waals surface area contributed by atoms with Gasteiger partial charge in [0.2, 0.25) is 0 Å². The second-order valence-corrected chi connectivity index (χ2v) is 8.16. The van der Waals surface area contributed by atoms with Crippen molar-refractivity contribution < 1.29 is 27.4 Å². The molecule has 0 N–H and O–H groups in total. The zero-order valence-electron chi connectivity index (χ0n) is 17.9. The number of alkyl halides is 2. The molecule has 0 aliphatic rings. The maximum absolute atomic E-state index is 13.1. The maximum atomic E-state index is 13.1. The van der Waals surface area contributed by atoms with Gasteiger partial charge in [0, 0.05) is 20.0 Å². The average molecular weight is 465 g/mol. The minimum absolute atomic E-state index is 0.0525. The number of aryl methyl sites for hydroxylation is 1. The summed E-state index contributed by atoms with van der Waals surface area (Å²) in [6.07, 6.45) is 0.506. The number of benzene rings is 2. The van der Waals surface area contributed by atoms with Crippen molar-refractivity contribution in [3.05, 3.63) is 75.0 Å². The number of halogens is 3. The fourth-order valence-corrected chi connectivity index (χ4v) is 4.23. The normalized spacial score (nSPS) is 11.0. The molecule has 3 rings (SSSR count). The Hall–Kier alpha value is -3.07. The number of hydrogen-bond donors (Lipinski definition) is 0. The summed E-state index contributed by atoms with van der Waals surface area (Å²) in [6.45, 7) is 1.09. The Morgan fingerprint density at radius 2 is 1.81 bits per heavy atom. The van der Waals surface area contributed by atoms with Gasteiger partial charge in [-0.3, -0.25) is 4.79 Å². The van der Waals surface area contributed by atoms with Gasteiger partial charge in [-0.1, -0.05) is 18.2 Å². The lowest BCUT2D eigenvalue weighted by Gasteiger charge is -2.18. The average Bonchev–Trinajstić information content (AvgIpc) is 3.10. The molecule has 0 unspecified atom stereocenters. The van der Waals surface area contributed by atoms with Crippen LogP contribution >= 0.6 is 11.3 Å². The highest BCUT2D eigenvalue weighted by atomic mass is 32.1. The van der Waals surface area contributed by atoms with Crippen molar-refractivity contribution >= 4 is 17.2 Å². The molecule has 1 amide bonds. The first kappa shape index (κ1) is 23.6. The quantitative estimate of drug-likeness (QED) is 0.422. The summed E-state index contributed by atoms with van der Waals surface area (Å²) in [5.74, 6) is -0.357. The fraction of sp³-hybridized carbons (Fsp3) is 0.304. The van der Waals surface area contributed by atoms with Crippen molar-refractivity contribution in [1.29, 1.82) is 0 Å². The van der Waals surface area contributed by atoms with Gasteiger partial charge in [-0.05, 0) is 49.2 Å². The van der Waals surface area contributed by atoms with Crippen LogP contribution in [0.3, 0.4) is 0 Å². The zero-order valence-corrected chi connectivity index (χ0v) is 18.7. The molecular formula is C23H23F3N2O3S. The molecule has 0 bridgehead atoms. The summed E-state index contributed by atoms with van der Waals surface area (Å²) in [5.41, 5.74) is 2.24. The van der Waals surface area contributed by atoms with Crippen LogP contribution in [0.5, 0.6) is 11.5 Å². The number of carbonyl (C=O) groups excluding carboxylic acids is 1. The van der Waals surface area contributed by atoms with Crippen LogP contribution in [0.2, 0.25) is 0 Å². The number of nitrogens with zero attached hydrogens (tertiary/aromatic N) is 2. The third-order valence-corrected chi connectivity index (χ3v) is 5.74. The molecule has 0 aliphatic carbocycles. The van der Waals surface area contributed by atoms with Crippen molar-refractivity contribution in [2.24, 2.45) is 0 Å². The SMILES string of the molecule is CCOc1cc(CN(C)C(=O)c2sc(Cc3ccc(F)cc3)nc2C)ccc1OC(F)F. The highest BCUT2D eigenvalue weighted by Crippen LogP contribution is 2.31. The van der Waals surface area contributed by atoms with Crippen LogP contribution < -0.4 is 9.47 Å². The topological polar surface area (TPSA) is 51.7 Å². The van der Waals surface area contributed by atoms with Crippen molar-refractivity contribution in [3.8, 4) is 11.5 Å². The maximum Gasteiger partial charge on any atom is 0.387 e. The van der Waals surface area contributed by atoms with E-state index in [1.54, 1.807) is 45.2 Å². The summed E-state index contributed by atoms with van der Waals surface area (Å²) in [4.78, 5) is 19.5. The van der Waals surface area contributed by atoms with Gasteiger partial charge in [0.05, 0.1) is 17.3 Å². The lowest BCUT2D eigenvalue weighted by atomic mass is 10.1. The first-order valence-electron chi connectivity index (χ1n) is 9.93. The lowest BCUT2D eigenvalue weighted by molar-refractivity contribution is -0.0514. The summed E-state index contributed by atoms with van der Waals surface area (Å²) >= 11 is 1.30. The molecule has 2 aromatic carbocycles. The van der Waals surface area contributed by atoms with E-state index in [4.69, 9.17) is 4.74 Å². The minimum Gasteiger partial charge on any atom is -0.490 e. The van der Waals surface area contributed by atoms with Crippen LogP contribution in [0.1, 0.15) is 38.4 Å². The lowest BCUT2D eigenvalue weighted by Crippen LogP contribution is -2.26. The number of amides is 1. The van der Waals surface area contributed by atoms with Crippen LogP contribution in [-0.4, -0.2) is 36.1 Å². The van der Waals surface area contributed by atoms with Crippen LogP contribution in [0.25, 0.3) is 0 Å². The summed E-state index contributed by atoms with van der Waals surface area (Å²) < 4.78 is 48.2. The third kappa shape index (κ3) is 6.00. The molecule has 1 heterocycles. The summed E-state index contributed by atoms with van der Waals surface area (Å²) in [7, 11) is 1.66. The van der Waals surface area contributed by atoms with Gasteiger partial charge in [0.25, 0.3) is 5.91 Å². The molecule has 170 valence electrons. The van der Waals surface area contributed by atoms with Crippen LogP contribution in [0, 0.1) is 12.7 Å². The molecule has 9 heteroatoms. The van der Waals surface area contributed by atoms with Gasteiger partial charge in [0.15, 0.2) is 11.5 Å². The largest absolute Gasteiger partial charge is 0.490 e. The second-order valence-electron chi connectivity index (χ2n) is 7.08. The van der Waals surface area contributed by atoms with Crippen molar-refractivity contribution in [2.75, 3.05) is 13.7 Å². The van der Waals surface area contributed by atoms with E-state index in [-0.39, 0.29) is 36.4 Å². The van der Waals surface area contributed by atoms with Gasteiger partial charge in [0.1, 0.15) is 10.7 Å². The standard InChI is InChI=1S/C23H23F3N2O3S/c1-4-30-19-11-16(7-10-18(19)31-23(25)26)13-28(3)22(29)21-14(2)27-20(32-21)12-15-5-8-17(24)9-6-15/h5-11,23H,4,12-13H2,1-3H3. The van der Waals surface area contributed by atoms with Crippen molar-refractivity contribution in [3.63, 3.8) is 0 Å². The van der Waals surface area contributed by atoms with E-state index in [2.05, 4.69) is 9.72 Å². The van der Waals surface area contributed by atoms with Gasteiger partial charge in [-0.15, -0.1) is 11.3 Å². The Balaban J connectivity index is 1.72. The number of rotatable bonds is 9. The van der Waals surface area contributed by atoms with Crippen LogP contribution in [0.4, 0.5) is 13.2 Å². The molecular weight excluding hydrogens is 441 g/mol. The number of carbonyl (C=O) groups is 1. The molecule has 1 aromatic heterocycles. The first-order valence-corrected chi connectivity index (χ1v) is 10.7. The Labute approximate surface area is 188 Å². The number of ether oxygens (including phenoxy) is 2. The molecule has 32 heavy (non-hydrogen) atoms. The highest BCUT2D eigenvalue weighted by molar-refractivity contribution is 7.13. The van der Waals surface area contributed by atoms with Gasteiger partial charge >= 0.3 is 6.61 Å². The monoisotopic (exact) mass is 464 g/mol. The molecule has 0 saturated carbocycles. The molecule has 0 saturated heterocycles. The Bertz CT molecular complexity index is 1070. The molecule has 0 aliphatic heterocycles. The fourth-order valence-electron chi connectivity index (χ4n) is 3.13. The minimum atomic E-state index is -2.96. The molecule has 0 radical (unpaired) electrons. The van der Waals surface area contributed by atoms with Gasteiger partial charge in [-0.25, -0.2) is 9.37 Å². The number of hydrogen-bond acceptors (Lipinski definition) is 5. The van der Waals surface area contributed by atoms with Crippen LogP contribution in [-0.2, 0) is 13.0 Å². The third-order valence-electron chi connectivity index (χ3n) is 4.59. The number of thiazole rings is 1. The Kier molecular flexibility index (Phi) is 7.74. The van der Waals surface area contributed by atoms with E-state index in [9.17, 15) is 18.0 Å². The van der Waals surface area contributed by atoms with E-state index < -0.39 is 6.61 Å². The Morgan fingerprint density at radius 1 is 1.12 bits per heavy atom. The van der Waals surface area contributed by atoms with E-state index in [0.29, 0.717) is 22.6 Å². The van der Waals surface area contributed by atoms with E-state index in [1.807, 2.05) is 0 Å². The number of aromatic nitrogens is 1. The van der Waals surface area contributed by atoms with E-state index >= 15 is 0 Å². The predicted molar refractivity (Wildman–Crippen MR) is 116 cm³/mol. The molecule has 5 nitrogen and oxygen atoms in total. The first-order chi connectivity index (χ1) is 15.3. The molecule has 3 aromatic rings. The molecule has 0 fully saturated rings. The zero-order chi connectivity index (χ0) is 23.3. The predicted octanol–water partition coefficient (Wildman–Crippen LogP) is 5.45. The second kappa shape index (κ2) is 10.5. The van der Waals surface area contributed by atoms with Gasteiger partial charge < -0.3 is 14.4 Å². The molecule has 0 atom stereocenters. The van der Waals surface area contributed by atoms with Crippen molar-refractivity contribution in [2.45, 2.75) is 33.4 Å². The van der Waals surface area contributed by atoms with E-state index in [0.717, 1.165) is 10.6 Å². The van der Waals surface area contributed by atoms with Crippen molar-refractivity contribution in [1.82, 2.24) is 9.88 Å². The smallest absolute Gasteiger partial charge is 0.387 e. The molecule has 0 spiro atoms. The summed E-state index contributed by atoms with van der Waals surface area (Å²) in [6, 6.07) is 10.8. The van der Waals surface area contributed by atoms with Gasteiger partial charge in [-0.2, -0.15) is 8.78 Å².